The molecule has 0 heterocycles. The van der Waals surface area contributed by atoms with Crippen LogP contribution in [0.15, 0.2) is 77.3 Å². The van der Waals surface area contributed by atoms with Gasteiger partial charge in [0.2, 0.25) is 5.91 Å². The monoisotopic (exact) mass is 394 g/mol. The summed E-state index contributed by atoms with van der Waals surface area (Å²) < 4.78 is 1.03. The van der Waals surface area contributed by atoms with Gasteiger partial charge >= 0.3 is 0 Å². The van der Waals surface area contributed by atoms with Crippen LogP contribution in [-0.2, 0) is 11.2 Å². The van der Waals surface area contributed by atoms with E-state index in [1.165, 1.54) is 0 Å². The fourth-order valence-electron chi connectivity index (χ4n) is 2.76. The van der Waals surface area contributed by atoms with E-state index in [1.807, 2.05) is 79.7 Å². The highest BCUT2D eigenvalue weighted by Gasteiger charge is 2.09. The van der Waals surface area contributed by atoms with Gasteiger partial charge in [-0.2, -0.15) is 0 Å². The number of hydrazine groups is 1. The predicted molar refractivity (Wildman–Crippen MR) is 107 cm³/mol. The van der Waals surface area contributed by atoms with Crippen LogP contribution in [0.4, 0.5) is 0 Å². The third kappa shape index (κ3) is 4.09. The zero-order valence-corrected chi connectivity index (χ0v) is 15.5. The van der Waals surface area contributed by atoms with Gasteiger partial charge in [0, 0.05) is 4.47 Å². The Morgan fingerprint density at radius 2 is 1.60 bits per heavy atom. The van der Waals surface area contributed by atoms with E-state index in [0.717, 1.165) is 32.1 Å². The van der Waals surface area contributed by atoms with E-state index >= 15 is 0 Å². The minimum Gasteiger partial charge on any atom is -0.298 e. The highest BCUT2D eigenvalue weighted by Crippen LogP contribution is 2.27. The van der Waals surface area contributed by atoms with Gasteiger partial charge in [-0.1, -0.05) is 82.7 Å². The van der Waals surface area contributed by atoms with Crippen LogP contribution in [0, 0.1) is 0 Å². The summed E-state index contributed by atoms with van der Waals surface area (Å²) in [6, 6.07) is 21.9. The van der Waals surface area contributed by atoms with Gasteiger partial charge < -0.3 is 0 Å². The maximum absolute atomic E-state index is 12.4. The average Bonchev–Trinajstić information content (AvgIpc) is 2.66. The molecule has 4 heteroatoms. The Kier molecular flexibility index (Phi) is 5.51. The molecule has 0 fully saturated rings. The van der Waals surface area contributed by atoms with Gasteiger partial charge in [-0.15, -0.1) is 0 Å². The maximum Gasteiger partial charge on any atom is 0.242 e. The number of carbonyl (C=O) groups excluding carboxylic acids is 1. The molecule has 0 atom stereocenters. The molecule has 0 unspecified atom stereocenters. The van der Waals surface area contributed by atoms with Crippen molar-refractivity contribution in [1.82, 2.24) is 10.9 Å². The highest BCUT2D eigenvalue weighted by atomic mass is 79.9. The van der Waals surface area contributed by atoms with Crippen molar-refractivity contribution in [3.63, 3.8) is 0 Å². The van der Waals surface area contributed by atoms with Crippen molar-refractivity contribution in [1.29, 1.82) is 0 Å². The average molecular weight is 395 g/mol. The molecule has 1 amide bonds. The minimum atomic E-state index is -0.0808. The standard InChI is InChI=1S/C21H19BrN2O/c1-2-20(15-8-4-3-5-9-15)23-24-21(25)14-16-12-13-19(22)18-11-7-6-10-17(16)18/h2-13,23H,14H2,1H3,(H,24,25). The molecule has 0 radical (unpaired) electrons. The van der Waals surface area contributed by atoms with Gasteiger partial charge in [-0.25, -0.2) is 0 Å². The summed E-state index contributed by atoms with van der Waals surface area (Å²) in [4.78, 5) is 12.4. The fraction of sp³-hybridized carbons (Fsp3) is 0.0952. The van der Waals surface area contributed by atoms with E-state index in [1.54, 1.807) is 0 Å². The summed E-state index contributed by atoms with van der Waals surface area (Å²) in [6.07, 6.45) is 2.25. The van der Waals surface area contributed by atoms with Crippen LogP contribution < -0.4 is 10.9 Å². The Labute approximate surface area is 155 Å². The van der Waals surface area contributed by atoms with E-state index in [2.05, 4.69) is 26.8 Å². The van der Waals surface area contributed by atoms with E-state index in [-0.39, 0.29) is 5.91 Å². The molecular formula is C21H19BrN2O. The number of nitrogens with one attached hydrogen (secondary N) is 2. The molecule has 0 aromatic heterocycles. The molecule has 3 aromatic carbocycles. The summed E-state index contributed by atoms with van der Waals surface area (Å²) in [5.74, 6) is -0.0808. The van der Waals surface area contributed by atoms with Crippen molar-refractivity contribution in [3.05, 3.63) is 88.4 Å². The van der Waals surface area contributed by atoms with Crippen LogP contribution in [0.25, 0.3) is 16.5 Å². The number of hydrogen-bond acceptors (Lipinski definition) is 2. The molecule has 0 aliphatic rings. The van der Waals surface area contributed by atoms with Crippen LogP contribution >= 0.6 is 15.9 Å². The summed E-state index contributed by atoms with van der Waals surface area (Å²) in [6.45, 7) is 1.93. The van der Waals surface area contributed by atoms with Crippen LogP contribution in [0.1, 0.15) is 18.1 Å². The summed E-state index contributed by atoms with van der Waals surface area (Å²) in [7, 11) is 0. The number of carbonyl (C=O) groups is 1. The molecule has 0 aliphatic heterocycles. The number of halogens is 1. The van der Waals surface area contributed by atoms with Crippen molar-refractivity contribution < 1.29 is 4.79 Å². The van der Waals surface area contributed by atoms with Gasteiger partial charge in [0.25, 0.3) is 0 Å². The Hall–Kier alpha value is -2.59. The Morgan fingerprint density at radius 1 is 0.920 bits per heavy atom. The third-order valence-electron chi connectivity index (χ3n) is 4.02. The zero-order chi connectivity index (χ0) is 17.6. The first-order chi connectivity index (χ1) is 12.2. The van der Waals surface area contributed by atoms with Gasteiger partial charge in [0.05, 0.1) is 12.1 Å². The molecule has 126 valence electrons. The molecule has 3 aromatic rings. The quantitative estimate of drug-likeness (QED) is 0.608. The minimum absolute atomic E-state index is 0.0808. The van der Waals surface area contributed by atoms with Crippen molar-refractivity contribution in [3.8, 4) is 0 Å². The van der Waals surface area contributed by atoms with Crippen LogP contribution in [0.5, 0.6) is 0 Å². The second-order valence-electron chi connectivity index (χ2n) is 5.67. The van der Waals surface area contributed by atoms with Crippen LogP contribution in [-0.4, -0.2) is 5.91 Å². The lowest BCUT2D eigenvalue weighted by atomic mass is 10.0. The SMILES string of the molecule is CC=C(NNC(=O)Cc1ccc(Br)c2ccccc12)c1ccccc1. The molecular weight excluding hydrogens is 376 g/mol. The number of rotatable bonds is 5. The molecule has 0 bridgehead atoms. The summed E-state index contributed by atoms with van der Waals surface area (Å²) >= 11 is 3.56. The normalized spacial score (nSPS) is 11.4. The number of allylic oxidation sites excluding steroid dienone is 1. The van der Waals surface area contributed by atoms with E-state index in [9.17, 15) is 4.79 Å². The topological polar surface area (TPSA) is 41.1 Å². The first-order valence-corrected chi connectivity index (χ1v) is 8.91. The molecule has 0 spiro atoms. The number of benzene rings is 3. The Balaban J connectivity index is 1.70. The van der Waals surface area contributed by atoms with E-state index in [4.69, 9.17) is 0 Å². The molecule has 0 saturated carbocycles. The number of fused-ring (bicyclic) bond motifs is 1. The van der Waals surface area contributed by atoms with E-state index in [0.29, 0.717) is 6.42 Å². The maximum atomic E-state index is 12.4. The van der Waals surface area contributed by atoms with Crippen molar-refractivity contribution >= 4 is 38.3 Å². The molecule has 3 rings (SSSR count). The van der Waals surface area contributed by atoms with Crippen molar-refractivity contribution in [2.75, 3.05) is 0 Å². The molecule has 0 aliphatic carbocycles. The second kappa shape index (κ2) is 7.99. The number of hydrogen-bond donors (Lipinski definition) is 2. The Morgan fingerprint density at radius 3 is 2.32 bits per heavy atom. The largest absolute Gasteiger partial charge is 0.298 e. The third-order valence-corrected chi connectivity index (χ3v) is 4.71. The zero-order valence-electron chi connectivity index (χ0n) is 13.9. The van der Waals surface area contributed by atoms with Crippen LogP contribution in [0.2, 0.25) is 0 Å². The lowest BCUT2D eigenvalue weighted by molar-refractivity contribution is -0.121. The van der Waals surface area contributed by atoms with E-state index < -0.39 is 0 Å². The van der Waals surface area contributed by atoms with Crippen molar-refractivity contribution in [2.45, 2.75) is 13.3 Å². The van der Waals surface area contributed by atoms with Gasteiger partial charge in [0.15, 0.2) is 0 Å². The van der Waals surface area contributed by atoms with Gasteiger partial charge in [-0.3, -0.25) is 15.6 Å². The highest BCUT2D eigenvalue weighted by molar-refractivity contribution is 9.10. The number of amides is 1. The lowest BCUT2D eigenvalue weighted by Crippen LogP contribution is -2.37. The lowest BCUT2D eigenvalue weighted by Gasteiger charge is -2.13. The molecule has 3 nitrogen and oxygen atoms in total. The molecule has 0 saturated heterocycles. The summed E-state index contributed by atoms with van der Waals surface area (Å²) in [5.41, 5.74) is 8.71. The fourth-order valence-corrected chi connectivity index (χ4v) is 3.24. The predicted octanol–water partition coefficient (Wildman–Crippen LogP) is 4.83. The van der Waals surface area contributed by atoms with Gasteiger partial charge in [0.1, 0.15) is 0 Å². The van der Waals surface area contributed by atoms with Crippen molar-refractivity contribution in [2.24, 2.45) is 0 Å². The first kappa shape index (κ1) is 17.2. The second-order valence-corrected chi connectivity index (χ2v) is 6.52. The summed E-state index contributed by atoms with van der Waals surface area (Å²) in [5, 5.41) is 2.19. The van der Waals surface area contributed by atoms with Gasteiger partial charge in [-0.05, 0) is 34.9 Å². The Bertz CT molecular complexity index is 920. The van der Waals surface area contributed by atoms with Crippen LogP contribution in [0.3, 0.4) is 0 Å². The molecule has 2 N–H and O–H groups in total. The first-order valence-electron chi connectivity index (χ1n) is 8.11. The molecule has 25 heavy (non-hydrogen) atoms. The smallest absolute Gasteiger partial charge is 0.242 e.